The normalized spacial score (nSPS) is 22.7. The van der Waals surface area contributed by atoms with E-state index in [2.05, 4.69) is 18.5 Å². The van der Waals surface area contributed by atoms with Gasteiger partial charge in [-0.05, 0) is 24.5 Å². The molecule has 0 aromatic heterocycles. The SMILES string of the molecule is C=CC1=C(C=C)C(C(C)=O)NCC1. The molecular formula is C11H15NO. The Labute approximate surface area is 79.0 Å². The smallest absolute Gasteiger partial charge is 0.151 e. The molecule has 2 heteroatoms. The minimum atomic E-state index is -0.181. The molecule has 1 rings (SSSR count). The number of ketones is 1. The number of hydrogen-bond donors (Lipinski definition) is 1. The van der Waals surface area contributed by atoms with Crippen LogP contribution in [0.25, 0.3) is 0 Å². The Balaban J connectivity index is 3.05. The molecule has 1 unspecified atom stereocenters. The summed E-state index contributed by atoms with van der Waals surface area (Å²) >= 11 is 0. The molecule has 0 fully saturated rings. The van der Waals surface area contributed by atoms with Gasteiger partial charge in [-0.2, -0.15) is 0 Å². The van der Waals surface area contributed by atoms with Gasteiger partial charge in [0.2, 0.25) is 0 Å². The summed E-state index contributed by atoms with van der Waals surface area (Å²) in [5.74, 6) is 0.133. The summed E-state index contributed by atoms with van der Waals surface area (Å²) in [5, 5.41) is 3.16. The van der Waals surface area contributed by atoms with Gasteiger partial charge in [-0.3, -0.25) is 4.79 Å². The summed E-state index contributed by atoms with van der Waals surface area (Å²) in [5.41, 5.74) is 2.11. The van der Waals surface area contributed by atoms with Crippen LogP contribution in [0, 0.1) is 0 Å². The van der Waals surface area contributed by atoms with Crippen LogP contribution in [0.15, 0.2) is 36.5 Å². The van der Waals surface area contributed by atoms with Gasteiger partial charge in [0.05, 0.1) is 6.04 Å². The first-order chi connectivity index (χ1) is 6.20. The Morgan fingerprint density at radius 1 is 1.54 bits per heavy atom. The number of Topliss-reactive ketones (excluding diaryl/α,β-unsaturated/α-hetero) is 1. The van der Waals surface area contributed by atoms with Crippen molar-refractivity contribution in [1.29, 1.82) is 0 Å². The first-order valence-electron chi connectivity index (χ1n) is 4.42. The van der Waals surface area contributed by atoms with Gasteiger partial charge < -0.3 is 5.32 Å². The second kappa shape index (κ2) is 4.19. The van der Waals surface area contributed by atoms with Gasteiger partial charge in [0.15, 0.2) is 5.78 Å². The number of rotatable bonds is 3. The summed E-state index contributed by atoms with van der Waals surface area (Å²) in [6.07, 6.45) is 4.48. The molecule has 2 nitrogen and oxygen atoms in total. The maximum atomic E-state index is 11.3. The van der Waals surface area contributed by atoms with E-state index in [1.807, 2.05) is 6.08 Å². The minimum absolute atomic E-state index is 0.133. The second-order valence-electron chi connectivity index (χ2n) is 3.14. The van der Waals surface area contributed by atoms with Crippen LogP contribution in [0.4, 0.5) is 0 Å². The van der Waals surface area contributed by atoms with Crippen LogP contribution in [0.5, 0.6) is 0 Å². The Morgan fingerprint density at radius 3 is 2.69 bits per heavy atom. The average molecular weight is 177 g/mol. The van der Waals surface area contributed by atoms with E-state index in [0.29, 0.717) is 0 Å². The van der Waals surface area contributed by atoms with Gasteiger partial charge in [-0.25, -0.2) is 0 Å². The third kappa shape index (κ3) is 1.95. The molecule has 0 aromatic rings. The lowest BCUT2D eigenvalue weighted by Gasteiger charge is -2.24. The molecule has 70 valence electrons. The molecule has 1 atom stereocenters. The zero-order valence-electron chi connectivity index (χ0n) is 7.97. The quantitative estimate of drug-likeness (QED) is 0.709. The molecule has 0 radical (unpaired) electrons. The lowest BCUT2D eigenvalue weighted by molar-refractivity contribution is -0.118. The van der Waals surface area contributed by atoms with Crippen LogP contribution in [-0.2, 0) is 4.79 Å². The van der Waals surface area contributed by atoms with Crippen LogP contribution in [0.1, 0.15) is 13.3 Å². The molecule has 1 aliphatic rings. The van der Waals surface area contributed by atoms with E-state index in [9.17, 15) is 4.79 Å². The number of carbonyl (C=O) groups excluding carboxylic acids is 1. The summed E-state index contributed by atoms with van der Waals surface area (Å²) in [6, 6.07) is -0.181. The van der Waals surface area contributed by atoms with Crippen molar-refractivity contribution < 1.29 is 4.79 Å². The Morgan fingerprint density at radius 2 is 2.23 bits per heavy atom. The molecule has 1 N–H and O–H groups in total. The minimum Gasteiger partial charge on any atom is -0.303 e. The Kier molecular flexibility index (Phi) is 3.20. The van der Waals surface area contributed by atoms with Crippen molar-refractivity contribution in [2.24, 2.45) is 0 Å². The van der Waals surface area contributed by atoms with Gasteiger partial charge in [-0.1, -0.05) is 25.3 Å². The van der Waals surface area contributed by atoms with E-state index >= 15 is 0 Å². The lowest BCUT2D eigenvalue weighted by atomic mass is 9.92. The number of nitrogens with one attached hydrogen (secondary N) is 1. The summed E-state index contributed by atoms with van der Waals surface area (Å²) in [4.78, 5) is 11.3. The molecule has 0 aliphatic carbocycles. The topological polar surface area (TPSA) is 29.1 Å². The molecule has 0 amide bonds. The van der Waals surface area contributed by atoms with E-state index in [1.165, 1.54) is 0 Å². The maximum Gasteiger partial charge on any atom is 0.151 e. The van der Waals surface area contributed by atoms with Gasteiger partial charge in [0.25, 0.3) is 0 Å². The van der Waals surface area contributed by atoms with Crippen molar-refractivity contribution in [1.82, 2.24) is 5.32 Å². The molecule has 0 aromatic carbocycles. The third-order valence-electron chi connectivity index (χ3n) is 2.30. The van der Waals surface area contributed by atoms with E-state index in [0.717, 1.165) is 24.1 Å². The van der Waals surface area contributed by atoms with E-state index < -0.39 is 0 Å². The monoisotopic (exact) mass is 177 g/mol. The summed E-state index contributed by atoms with van der Waals surface area (Å²) < 4.78 is 0. The highest BCUT2D eigenvalue weighted by Gasteiger charge is 2.22. The molecular weight excluding hydrogens is 162 g/mol. The van der Waals surface area contributed by atoms with Gasteiger partial charge >= 0.3 is 0 Å². The van der Waals surface area contributed by atoms with Crippen molar-refractivity contribution in [3.8, 4) is 0 Å². The maximum absolute atomic E-state index is 11.3. The molecule has 0 bridgehead atoms. The highest BCUT2D eigenvalue weighted by molar-refractivity contribution is 5.86. The fraction of sp³-hybridized carbons (Fsp3) is 0.364. The molecule has 1 aliphatic heterocycles. The lowest BCUT2D eigenvalue weighted by Crippen LogP contribution is -2.40. The van der Waals surface area contributed by atoms with Crippen molar-refractivity contribution in [2.75, 3.05) is 6.54 Å². The average Bonchev–Trinajstić information content (AvgIpc) is 2.16. The van der Waals surface area contributed by atoms with Gasteiger partial charge in [0, 0.05) is 6.54 Å². The predicted octanol–water partition coefficient (Wildman–Crippen LogP) is 1.61. The molecule has 0 spiro atoms. The first kappa shape index (κ1) is 9.93. The fourth-order valence-corrected chi connectivity index (χ4v) is 1.62. The first-order valence-corrected chi connectivity index (χ1v) is 4.42. The molecule has 0 saturated carbocycles. The standard InChI is InChI=1S/C11H15NO/c1-4-9-6-7-12-11(8(3)13)10(9)5-2/h4-5,11-12H,1-2,6-7H2,3H3. The second-order valence-corrected chi connectivity index (χ2v) is 3.14. The molecule has 0 saturated heterocycles. The fourth-order valence-electron chi connectivity index (χ4n) is 1.62. The largest absolute Gasteiger partial charge is 0.303 e. The highest BCUT2D eigenvalue weighted by atomic mass is 16.1. The van der Waals surface area contributed by atoms with E-state index in [1.54, 1.807) is 13.0 Å². The molecule has 1 heterocycles. The van der Waals surface area contributed by atoms with Crippen LogP contribution in [0.3, 0.4) is 0 Å². The number of allylic oxidation sites excluding steroid dienone is 1. The molecule has 13 heavy (non-hydrogen) atoms. The summed E-state index contributed by atoms with van der Waals surface area (Å²) in [6.45, 7) is 9.88. The number of carbonyl (C=O) groups is 1. The van der Waals surface area contributed by atoms with Crippen molar-refractivity contribution in [3.63, 3.8) is 0 Å². The Bertz CT molecular complexity index is 276. The van der Waals surface area contributed by atoms with Gasteiger partial charge in [-0.15, -0.1) is 0 Å². The highest BCUT2D eigenvalue weighted by Crippen LogP contribution is 2.19. The number of hydrogen-bond acceptors (Lipinski definition) is 2. The van der Waals surface area contributed by atoms with Crippen molar-refractivity contribution in [2.45, 2.75) is 19.4 Å². The van der Waals surface area contributed by atoms with Crippen LogP contribution in [0.2, 0.25) is 0 Å². The third-order valence-corrected chi connectivity index (χ3v) is 2.30. The summed E-state index contributed by atoms with van der Waals surface area (Å²) in [7, 11) is 0. The zero-order valence-corrected chi connectivity index (χ0v) is 7.97. The van der Waals surface area contributed by atoms with Crippen LogP contribution < -0.4 is 5.32 Å². The zero-order chi connectivity index (χ0) is 9.84. The predicted molar refractivity (Wildman–Crippen MR) is 54.5 cm³/mol. The van der Waals surface area contributed by atoms with Crippen molar-refractivity contribution >= 4 is 5.78 Å². The van der Waals surface area contributed by atoms with Crippen molar-refractivity contribution in [3.05, 3.63) is 36.5 Å². The van der Waals surface area contributed by atoms with E-state index in [-0.39, 0.29) is 11.8 Å². The van der Waals surface area contributed by atoms with Crippen LogP contribution in [-0.4, -0.2) is 18.4 Å². The Hall–Kier alpha value is -1.15. The van der Waals surface area contributed by atoms with Crippen LogP contribution >= 0.6 is 0 Å². The van der Waals surface area contributed by atoms with Gasteiger partial charge in [0.1, 0.15) is 0 Å². The van der Waals surface area contributed by atoms with E-state index in [4.69, 9.17) is 0 Å².